The molecule has 3 rings (SSSR count). The summed E-state index contributed by atoms with van der Waals surface area (Å²) >= 11 is 1.64. The van der Waals surface area contributed by atoms with Crippen LogP contribution in [0.25, 0.3) is 6.08 Å². The molecule has 0 saturated carbocycles. The second kappa shape index (κ2) is 9.08. The molecule has 0 unspecified atom stereocenters. The monoisotopic (exact) mass is 398 g/mol. The van der Waals surface area contributed by atoms with Gasteiger partial charge in [-0.2, -0.15) is 4.31 Å². The fourth-order valence-corrected chi connectivity index (χ4v) is 4.48. The number of thiophene rings is 1. The molecule has 2 aromatic heterocycles. The second-order valence-electron chi connectivity index (χ2n) is 6.28. The third kappa shape index (κ3) is 5.85. The highest BCUT2D eigenvalue weighted by molar-refractivity contribution is 7.92. The molecule has 0 N–H and O–H groups in total. The molecule has 4 nitrogen and oxygen atoms in total. The van der Waals surface area contributed by atoms with E-state index in [1.807, 2.05) is 60.8 Å². The summed E-state index contributed by atoms with van der Waals surface area (Å²) in [6.07, 6.45) is 5.73. The van der Waals surface area contributed by atoms with Gasteiger partial charge in [-0.1, -0.05) is 42.0 Å². The highest BCUT2D eigenvalue weighted by Crippen LogP contribution is 2.16. The first kappa shape index (κ1) is 19.5. The Morgan fingerprint density at radius 2 is 1.93 bits per heavy atom. The lowest BCUT2D eigenvalue weighted by Gasteiger charge is -2.20. The molecule has 140 valence electrons. The summed E-state index contributed by atoms with van der Waals surface area (Å²) in [5.41, 5.74) is 2.88. The van der Waals surface area contributed by atoms with Crippen molar-refractivity contribution in [3.8, 4) is 0 Å². The van der Waals surface area contributed by atoms with Crippen molar-refractivity contribution in [2.75, 3.05) is 6.54 Å². The van der Waals surface area contributed by atoms with Gasteiger partial charge in [0.1, 0.15) is 0 Å². The van der Waals surface area contributed by atoms with E-state index in [1.165, 1.54) is 14.6 Å². The molecule has 0 atom stereocenters. The summed E-state index contributed by atoms with van der Waals surface area (Å²) < 4.78 is 27.4. The molecule has 2 heterocycles. The maximum atomic E-state index is 13.0. The smallest absolute Gasteiger partial charge is 0.236 e. The van der Waals surface area contributed by atoms with Crippen LogP contribution in [0.5, 0.6) is 0 Å². The van der Waals surface area contributed by atoms with E-state index in [2.05, 4.69) is 4.98 Å². The number of benzene rings is 1. The standard InChI is InChI=1S/C21H22N2O2S2/c1-18-6-8-19(9-7-18)11-15-27(24,25)23(13-10-21-5-3-14-26-21)17-20-4-2-12-22-16-20/h2-9,11-12,14-16H,10,13,17H2,1H3/b15-11+. The molecule has 0 fully saturated rings. The minimum absolute atomic E-state index is 0.305. The van der Waals surface area contributed by atoms with E-state index >= 15 is 0 Å². The van der Waals surface area contributed by atoms with E-state index in [4.69, 9.17) is 0 Å². The summed E-state index contributed by atoms with van der Waals surface area (Å²) in [5, 5.41) is 3.30. The molecule has 6 heteroatoms. The number of pyridine rings is 1. The predicted molar refractivity (Wildman–Crippen MR) is 112 cm³/mol. The topological polar surface area (TPSA) is 50.3 Å². The van der Waals surface area contributed by atoms with E-state index in [-0.39, 0.29) is 0 Å². The summed E-state index contributed by atoms with van der Waals surface area (Å²) in [5.74, 6) is 0. The van der Waals surface area contributed by atoms with Gasteiger partial charge in [-0.05, 0) is 48.1 Å². The number of aryl methyl sites for hydroxylation is 1. The van der Waals surface area contributed by atoms with Crippen molar-refractivity contribution in [3.63, 3.8) is 0 Å². The van der Waals surface area contributed by atoms with E-state index in [0.717, 1.165) is 16.7 Å². The lowest BCUT2D eigenvalue weighted by atomic mass is 10.2. The molecule has 0 aliphatic rings. The second-order valence-corrected chi connectivity index (χ2v) is 9.13. The van der Waals surface area contributed by atoms with Crippen LogP contribution in [0.2, 0.25) is 0 Å². The van der Waals surface area contributed by atoms with Crippen LogP contribution in [-0.4, -0.2) is 24.3 Å². The minimum Gasteiger partial charge on any atom is -0.264 e. The molecule has 0 bridgehead atoms. The Labute approximate surface area is 164 Å². The summed E-state index contributed by atoms with van der Waals surface area (Å²) in [6, 6.07) is 15.5. The average molecular weight is 399 g/mol. The van der Waals surface area contributed by atoms with Crippen molar-refractivity contribution >= 4 is 27.4 Å². The Morgan fingerprint density at radius 1 is 1.11 bits per heavy atom. The SMILES string of the molecule is Cc1ccc(/C=C/S(=O)(=O)N(CCc2cccs2)Cc2cccnc2)cc1. The number of aromatic nitrogens is 1. The molecule has 0 saturated heterocycles. The quantitative estimate of drug-likeness (QED) is 0.561. The first-order valence-corrected chi connectivity index (χ1v) is 11.1. The van der Waals surface area contributed by atoms with E-state index in [1.54, 1.807) is 29.8 Å². The molecule has 0 spiro atoms. The predicted octanol–water partition coefficient (Wildman–Crippen LogP) is 4.50. The molecule has 0 aliphatic carbocycles. The van der Waals surface area contributed by atoms with Gasteiger partial charge in [-0.15, -0.1) is 11.3 Å². The van der Waals surface area contributed by atoms with Gasteiger partial charge in [0.25, 0.3) is 0 Å². The molecule has 0 aliphatic heterocycles. The fraction of sp³-hybridized carbons (Fsp3) is 0.190. The van der Waals surface area contributed by atoms with Crippen molar-refractivity contribution in [2.45, 2.75) is 19.9 Å². The molecule has 3 aromatic rings. The van der Waals surface area contributed by atoms with Crippen LogP contribution in [0.1, 0.15) is 21.6 Å². The molecule has 0 amide bonds. The van der Waals surface area contributed by atoms with Crippen LogP contribution in [-0.2, 0) is 23.0 Å². The zero-order valence-corrected chi connectivity index (χ0v) is 16.8. The van der Waals surface area contributed by atoms with Crippen LogP contribution in [0.4, 0.5) is 0 Å². The number of hydrogen-bond acceptors (Lipinski definition) is 4. The van der Waals surface area contributed by atoms with Crippen molar-refractivity contribution in [1.82, 2.24) is 9.29 Å². The number of nitrogens with zero attached hydrogens (tertiary/aromatic N) is 2. The summed E-state index contributed by atoms with van der Waals surface area (Å²) in [6.45, 7) is 2.74. The van der Waals surface area contributed by atoms with Gasteiger partial charge in [0.15, 0.2) is 0 Å². The largest absolute Gasteiger partial charge is 0.264 e. The van der Waals surface area contributed by atoms with Crippen molar-refractivity contribution in [1.29, 1.82) is 0 Å². The van der Waals surface area contributed by atoms with Gasteiger partial charge in [0.2, 0.25) is 10.0 Å². The van der Waals surface area contributed by atoms with Gasteiger partial charge in [0, 0.05) is 35.8 Å². The fourth-order valence-electron chi connectivity index (χ4n) is 2.61. The van der Waals surface area contributed by atoms with Crippen molar-refractivity contribution in [3.05, 3.63) is 93.3 Å². The maximum Gasteiger partial charge on any atom is 0.236 e. The Morgan fingerprint density at radius 3 is 2.59 bits per heavy atom. The Bertz CT molecular complexity index is 965. The minimum atomic E-state index is -3.55. The third-order valence-corrected chi connectivity index (χ3v) is 6.59. The van der Waals surface area contributed by atoms with Crippen LogP contribution >= 0.6 is 11.3 Å². The number of rotatable bonds is 8. The summed E-state index contributed by atoms with van der Waals surface area (Å²) in [7, 11) is -3.55. The van der Waals surface area contributed by atoms with E-state index in [9.17, 15) is 8.42 Å². The highest BCUT2D eigenvalue weighted by Gasteiger charge is 2.19. The Balaban J connectivity index is 1.79. The van der Waals surface area contributed by atoms with Crippen LogP contribution in [0.15, 0.2) is 71.7 Å². The van der Waals surface area contributed by atoms with E-state index < -0.39 is 10.0 Å². The van der Waals surface area contributed by atoms with Gasteiger partial charge >= 0.3 is 0 Å². The summed E-state index contributed by atoms with van der Waals surface area (Å²) in [4.78, 5) is 5.26. The van der Waals surface area contributed by atoms with Crippen LogP contribution in [0, 0.1) is 6.92 Å². The van der Waals surface area contributed by atoms with Gasteiger partial charge in [-0.3, -0.25) is 4.98 Å². The van der Waals surface area contributed by atoms with Crippen LogP contribution < -0.4 is 0 Å². The Hall–Kier alpha value is -2.28. The average Bonchev–Trinajstić information content (AvgIpc) is 3.19. The third-order valence-electron chi connectivity index (χ3n) is 4.14. The first-order chi connectivity index (χ1) is 13.0. The lowest BCUT2D eigenvalue weighted by Crippen LogP contribution is -2.31. The zero-order valence-electron chi connectivity index (χ0n) is 15.2. The van der Waals surface area contributed by atoms with E-state index in [0.29, 0.717) is 19.5 Å². The molecule has 1 aromatic carbocycles. The molecule has 0 radical (unpaired) electrons. The van der Waals surface area contributed by atoms with Gasteiger partial charge in [-0.25, -0.2) is 8.42 Å². The zero-order chi connectivity index (χ0) is 19.1. The first-order valence-electron chi connectivity index (χ1n) is 8.69. The normalized spacial score (nSPS) is 12.1. The maximum absolute atomic E-state index is 13.0. The lowest BCUT2D eigenvalue weighted by molar-refractivity contribution is 0.416. The number of hydrogen-bond donors (Lipinski definition) is 0. The van der Waals surface area contributed by atoms with Gasteiger partial charge < -0.3 is 0 Å². The Kier molecular flexibility index (Phi) is 6.55. The highest BCUT2D eigenvalue weighted by atomic mass is 32.2. The van der Waals surface area contributed by atoms with Crippen molar-refractivity contribution < 1.29 is 8.42 Å². The van der Waals surface area contributed by atoms with Crippen LogP contribution in [0.3, 0.4) is 0 Å². The van der Waals surface area contributed by atoms with Crippen molar-refractivity contribution in [2.24, 2.45) is 0 Å². The van der Waals surface area contributed by atoms with Gasteiger partial charge in [0.05, 0.1) is 0 Å². The molecular formula is C21H22N2O2S2. The molecule has 27 heavy (non-hydrogen) atoms. The molecular weight excluding hydrogens is 376 g/mol. The number of sulfonamides is 1.